The minimum Gasteiger partial charge on any atom is -0.326 e. The monoisotopic (exact) mass is 274 g/mol. The van der Waals surface area contributed by atoms with Gasteiger partial charge in [0, 0.05) is 24.7 Å². The average Bonchev–Trinajstić information content (AvgIpc) is 3.29. The fourth-order valence-corrected chi connectivity index (χ4v) is 2.51. The minimum atomic E-state index is 0.282. The van der Waals surface area contributed by atoms with Crippen molar-refractivity contribution in [1.82, 2.24) is 0 Å². The second-order valence-corrected chi connectivity index (χ2v) is 5.68. The molecule has 0 saturated heterocycles. The van der Waals surface area contributed by atoms with E-state index < -0.39 is 0 Å². The zero-order valence-corrected chi connectivity index (χ0v) is 12.5. The zero-order chi connectivity index (χ0) is 14.4. The molecule has 2 rings (SSSR count). The summed E-state index contributed by atoms with van der Waals surface area (Å²) in [4.78, 5) is 14.5. The highest BCUT2D eigenvalue weighted by molar-refractivity contribution is 5.94. The quantitative estimate of drug-likeness (QED) is 0.736. The molecule has 0 atom stereocenters. The fraction of sp³-hybridized carbons (Fsp3) is 0.588. The molecule has 2 N–H and O–H groups in total. The van der Waals surface area contributed by atoms with E-state index >= 15 is 0 Å². The Morgan fingerprint density at radius 1 is 1.20 bits per heavy atom. The van der Waals surface area contributed by atoms with Crippen LogP contribution < -0.4 is 10.6 Å². The Labute approximate surface area is 122 Å². The third-order valence-electron chi connectivity index (χ3n) is 3.88. The van der Waals surface area contributed by atoms with Crippen molar-refractivity contribution >= 4 is 11.6 Å². The molecule has 1 amide bonds. The number of hydrogen-bond donors (Lipinski definition) is 1. The number of benzene rings is 1. The van der Waals surface area contributed by atoms with E-state index in [0.717, 1.165) is 36.9 Å². The molecule has 0 bridgehead atoms. The van der Waals surface area contributed by atoms with Crippen LogP contribution in [-0.2, 0) is 11.3 Å². The van der Waals surface area contributed by atoms with E-state index in [4.69, 9.17) is 5.73 Å². The predicted molar refractivity (Wildman–Crippen MR) is 83.6 cm³/mol. The van der Waals surface area contributed by atoms with Gasteiger partial charge in [-0.2, -0.15) is 0 Å². The van der Waals surface area contributed by atoms with Crippen molar-refractivity contribution in [3.63, 3.8) is 0 Å². The van der Waals surface area contributed by atoms with Crippen LogP contribution in [-0.4, -0.2) is 11.9 Å². The van der Waals surface area contributed by atoms with Gasteiger partial charge in [0.2, 0.25) is 5.91 Å². The molecule has 0 unspecified atom stereocenters. The predicted octanol–water partition coefficient (Wildman–Crippen LogP) is 3.61. The van der Waals surface area contributed by atoms with Crippen molar-refractivity contribution in [3.8, 4) is 0 Å². The van der Waals surface area contributed by atoms with Crippen molar-refractivity contribution in [3.05, 3.63) is 29.8 Å². The molecule has 0 radical (unpaired) electrons. The van der Waals surface area contributed by atoms with Crippen LogP contribution in [0.1, 0.15) is 57.4 Å². The molecule has 1 aromatic rings. The van der Waals surface area contributed by atoms with Gasteiger partial charge in [0.25, 0.3) is 0 Å². The third-order valence-corrected chi connectivity index (χ3v) is 3.88. The van der Waals surface area contributed by atoms with Crippen LogP contribution in [0.2, 0.25) is 0 Å². The summed E-state index contributed by atoms with van der Waals surface area (Å²) in [7, 11) is 0. The lowest BCUT2D eigenvalue weighted by atomic mass is 10.1. The van der Waals surface area contributed by atoms with E-state index in [1.54, 1.807) is 0 Å². The van der Waals surface area contributed by atoms with Crippen molar-refractivity contribution in [2.45, 2.75) is 64.5 Å². The molecule has 110 valence electrons. The molecule has 20 heavy (non-hydrogen) atoms. The number of carbonyl (C=O) groups is 1. The first-order valence-electron chi connectivity index (χ1n) is 7.87. The minimum absolute atomic E-state index is 0.282. The summed E-state index contributed by atoms with van der Waals surface area (Å²) in [6.45, 7) is 2.74. The molecule has 1 aliphatic rings. The Balaban J connectivity index is 1.97. The summed E-state index contributed by atoms with van der Waals surface area (Å²) >= 11 is 0. The molecular weight excluding hydrogens is 248 g/mol. The molecule has 3 nitrogen and oxygen atoms in total. The number of carbonyl (C=O) groups excluding carboxylic acids is 1. The summed E-state index contributed by atoms with van der Waals surface area (Å²) in [6, 6.07) is 8.54. The van der Waals surface area contributed by atoms with E-state index in [9.17, 15) is 4.79 Å². The molecule has 1 fully saturated rings. The van der Waals surface area contributed by atoms with Crippen LogP contribution >= 0.6 is 0 Å². The molecule has 1 saturated carbocycles. The van der Waals surface area contributed by atoms with Crippen LogP contribution in [0.25, 0.3) is 0 Å². The summed E-state index contributed by atoms with van der Waals surface area (Å²) in [6.07, 6.45) is 7.56. The third kappa shape index (κ3) is 4.07. The number of rotatable bonds is 8. The number of nitrogens with two attached hydrogens (primary N) is 1. The van der Waals surface area contributed by atoms with E-state index in [0.29, 0.717) is 19.0 Å². The van der Waals surface area contributed by atoms with Gasteiger partial charge in [0.15, 0.2) is 0 Å². The van der Waals surface area contributed by atoms with Crippen LogP contribution in [0.3, 0.4) is 0 Å². The number of unbranched alkanes of at least 4 members (excludes halogenated alkanes) is 3. The van der Waals surface area contributed by atoms with Gasteiger partial charge in [0.1, 0.15) is 0 Å². The molecule has 0 spiro atoms. The van der Waals surface area contributed by atoms with Gasteiger partial charge in [-0.25, -0.2) is 0 Å². The van der Waals surface area contributed by atoms with Gasteiger partial charge in [-0.15, -0.1) is 0 Å². The summed E-state index contributed by atoms with van der Waals surface area (Å²) in [5.74, 6) is 0.282. The highest BCUT2D eigenvalue weighted by Gasteiger charge is 2.33. The Kier molecular flexibility index (Phi) is 5.60. The number of amides is 1. The van der Waals surface area contributed by atoms with Crippen molar-refractivity contribution in [2.24, 2.45) is 5.73 Å². The molecule has 1 aliphatic carbocycles. The Morgan fingerprint density at radius 3 is 2.45 bits per heavy atom. The van der Waals surface area contributed by atoms with Crippen molar-refractivity contribution < 1.29 is 4.79 Å². The first-order valence-corrected chi connectivity index (χ1v) is 7.87. The lowest BCUT2D eigenvalue weighted by Gasteiger charge is -2.23. The molecule has 3 heteroatoms. The maximum Gasteiger partial charge on any atom is 0.227 e. The first-order chi connectivity index (χ1) is 9.76. The molecule has 1 aromatic carbocycles. The zero-order valence-electron chi connectivity index (χ0n) is 12.5. The average molecular weight is 274 g/mol. The fourth-order valence-electron chi connectivity index (χ4n) is 2.51. The number of nitrogens with zero attached hydrogens (tertiary/aromatic N) is 1. The number of hydrogen-bond acceptors (Lipinski definition) is 2. The standard InChI is InChI=1S/C17H26N2O/c1-2-3-4-5-6-17(20)19(16-11-12-16)15-9-7-14(13-18)8-10-15/h7-10,16H,2-6,11-13,18H2,1H3. The lowest BCUT2D eigenvalue weighted by Crippen LogP contribution is -2.32. The highest BCUT2D eigenvalue weighted by Crippen LogP contribution is 2.32. The molecule has 0 heterocycles. The molecule has 0 aromatic heterocycles. The van der Waals surface area contributed by atoms with Gasteiger partial charge < -0.3 is 10.6 Å². The Hall–Kier alpha value is -1.35. The van der Waals surface area contributed by atoms with Gasteiger partial charge in [0.05, 0.1) is 0 Å². The van der Waals surface area contributed by atoms with Crippen LogP contribution in [0.15, 0.2) is 24.3 Å². The van der Waals surface area contributed by atoms with E-state index in [1.807, 2.05) is 29.2 Å². The van der Waals surface area contributed by atoms with Crippen molar-refractivity contribution in [2.75, 3.05) is 4.90 Å². The van der Waals surface area contributed by atoms with Gasteiger partial charge >= 0.3 is 0 Å². The molecule has 0 aliphatic heterocycles. The topological polar surface area (TPSA) is 46.3 Å². The van der Waals surface area contributed by atoms with Gasteiger partial charge in [-0.3, -0.25) is 4.79 Å². The smallest absolute Gasteiger partial charge is 0.227 e. The summed E-state index contributed by atoms with van der Waals surface area (Å²) < 4.78 is 0. The maximum atomic E-state index is 12.4. The molecular formula is C17H26N2O. The SMILES string of the molecule is CCCCCCC(=O)N(c1ccc(CN)cc1)C1CC1. The lowest BCUT2D eigenvalue weighted by molar-refractivity contribution is -0.118. The summed E-state index contributed by atoms with van der Waals surface area (Å²) in [5, 5.41) is 0. The van der Waals surface area contributed by atoms with Gasteiger partial charge in [-0.1, -0.05) is 38.3 Å². The Bertz CT molecular complexity index is 423. The maximum absolute atomic E-state index is 12.4. The van der Waals surface area contributed by atoms with Gasteiger partial charge in [-0.05, 0) is 37.0 Å². The van der Waals surface area contributed by atoms with E-state index in [1.165, 1.54) is 12.8 Å². The largest absolute Gasteiger partial charge is 0.326 e. The normalized spacial score (nSPS) is 14.3. The first kappa shape index (κ1) is 15.0. The van der Waals surface area contributed by atoms with Crippen LogP contribution in [0.5, 0.6) is 0 Å². The Morgan fingerprint density at radius 2 is 1.90 bits per heavy atom. The van der Waals surface area contributed by atoms with Crippen molar-refractivity contribution in [1.29, 1.82) is 0 Å². The highest BCUT2D eigenvalue weighted by atomic mass is 16.2. The van der Waals surface area contributed by atoms with E-state index in [-0.39, 0.29) is 5.91 Å². The van der Waals surface area contributed by atoms with Crippen LogP contribution in [0.4, 0.5) is 5.69 Å². The second-order valence-electron chi connectivity index (χ2n) is 5.68. The second kappa shape index (κ2) is 7.44. The van der Waals surface area contributed by atoms with E-state index in [2.05, 4.69) is 6.92 Å². The van der Waals surface area contributed by atoms with Crippen LogP contribution in [0, 0.1) is 0 Å². The number of anilines is 1. The summed E-state index contributed by atoms with van der Waals surface area (Å²) in [5.41, 5.74) is 7.77.